The third-order valence-corrected chi connectivity index (χ3v) is 3.63. The monoisotopic (exact) mass is 263 g/mol. The summed E-state index contributed by atoms with van der Waals surface area (Å²) in [6.45, 7) is 5.42. The van der Waals surface area contributed by atoms with E-state index in [1.165, 1.54) is 0 Å². The van der Waals surface area contributed by atoms with Crippen molar-refractivity contribution >= 4 is 11.6 Å². The summed E-state index contributed by atoms with van der Waals surface area (Å²) in [6.07, 6.45) is 1.21. The third-order valence-electron chi connectivity index (χ3n) is 3.63. The van der Waals surface area contributed by atoms with Crippen LogP contribution in [-0.4, -0.2) is 25.2 Å². The molecular weight excluding hydrogens is 242 g/mol. The second-order valence-electron chi connectivity index (χ2n) is 5.03. The average Bonchev–Trinajstić information content (AvgIpc) is 2.81. The molecule has 1 saturated heterocycles. The Kier molecular flexibility index (Phi) is 4.39. The summed E-state index contributed by atoms with van der Waals surface area (Å²) < 4.78 is 5.48. The molecule has 2 atom stereocenters. The highest BCUT2D eigenvalue weighted by Gasteiger charge is 2.24. The van der Waals surface area contributed by atoms with E-state index < -0.39 is 0 Å². The Morgan fingerprint density at radius 1 is 1.53 bits per heavy atom. The van der Waals surface area contributed by atoms with Crippen LogP contribution < -0.4 is 16.6 Å². The van der Waals surface area contributed by atoms with Gasteiger partial charge < -0.3 is 15.5 Å². The first-order valence-corrected chi connectivity index (χ1v) is 6.59. The number of carbonyl (C=O) groups excluding carboxylic acids is 1. The summed E-state index contributed by atoms with van der Waals surface area (Å²) in [7, 11) is 0. The van der Waals surface area contributed by atoms with Crippen molar-refractivity contribution in [1.82, 2.24) is 5.32 Å². The van der Waals surface area contributed by atoms with Crippen LogP contribution in [0.2, 0.25) is 0 Å². The quantitative estimate of drug-likeness (QED) is 0.567. The van der Waals surface area contributed by atoms with Crippen LogP contribution in [0.15, 0.2) is 18.2 Å². The molecule has 0 saturated carbocycles. The van der Waals surface area contributed by atoms with Gasteiger partial charge >= 0.3 is 0 Å². The number of carbonyl (C=O) groups is 1. The van der Waals surface area contributed by atoms with Crippen molar-refractivity contribution in [3.05, 3.63) is 29.3 Å². The number of ether oxygens (including phenoxy) is 1. The van der Waals surface area contributed by atoms with Gasteiger partial charge in [0.15, 0.2) is 0 Å². The SMILES string of the molecule is Cc1ccc(C(=O)NCC2CCOC2C)c(NN)c1. The third kappa shape index (κ3) is 3.24. The molecule has 0 aliphatic carbocycles. The Labute approximate surface area is 113 Å². The van der Waals surface area contributed by atoms with Crippen LogP contribution in [0.5, 0.6) is 0 Å². The Hall–Kier alpha value is -1.59. The Morgan fingerprint density at radius 2 is 2.32 bits per heavy atom. The lowest BCUT2D eigenvalue weighted by atomic mass is 10.0. The number of nitrogen functional groups attached to an aromatic ring is 1. The minimum atomic E-state index is -0.105. The highest BCUT2D eigenvalue weighted by Crippen LogP contribution is 2.20. The molecule has 0 spiro atoms. The van der Waals surface area contributed by atoms with Gasteiger partial charge in [-0.2, -0.15) is 0 Å². The van der Waals surface area contributed by atoms with Crippen molar-refractivity contribution in [3.8, 4) is 0 Å². The molecule has 1 aliphatic heterocycles. The summed E-state index contributed by atoms with van der Waals surface area (Å²) in [5.41, 5.74) is 4.84. The molecule has 0 radical (unpaired) electrons. The zero-order valence-electron chi connectivity index (χ0n) is 11.4. The largest absolute Gasteiger partial charge is 0.378 e. The first-order chi connectivity index (χ1) is 9.11. The molecule has 2 rings (SSSR count). The second kappa shape index (κ2) is 6.04. The van der Waals surface area contributed by atoms with Gasteiger partial charge in [0.25, 0.3) is 5.91 Å². The van der Waals surface area contributed by atoms with Crippen LogP contribution in [0, 0.1) is 12.8 Å². The normalized spacial score (nSPS) is 22.3. The summed E-state index contributed by atoms with van der Waals surface area (Å²) in [5.74, 6) is 5.74. The predicted octanol–water partition coefficient (Wildman–Crippen LogP) is 1.44. The van der Waals surface area contributed by atoms with Crippen molar-refractivity contribution in [2.24, 2.45) is 11.8 Å². The van der Waals surface area contributed by atoms with Gasteiger partial charge in [-0.3, -0.25) is 10.6 Å². The fraction of sp³-hybridized carbons (Fsp3) is 0.500. The molecule has 1 fully saturated rings. The van der Waals surface area contributed by atoms with Crippen molar-refractivity contribution < 1.29 is 9.53 Å². The number of amides is 1. The Balaban J connectivity index is 1.99. The zero-order chi connectivity index (χ0) is 13.8. The van der Waals surface area contributed by atoms with Gasteiger partial charge in [0.05, 0.1) is 17.4 Å². The van der Waals surface area contributed by atoms with Gasteiger partial charge in [0.1, 0.15) is 0 Å². The molecule has 4 N–H and O–H groups in total. The van der Waals surface area contributed by atoms with E-state index in [1.54, 1.807) is 6.07 Å². The van der Waals surface area contributed by atoms with Gasteiger partial charge in [0.2, 0.25) is 0 Å². The molecule has 0 bridgehead atoms. The fourth-order valence-electron chi connectivity index (χ4n) is 2.34. The fourth-order valence-corrected chi connectivity index (χ4v) is 2.34. The van der Waals surface area contributed by atoms with Crippen molar-refractivity contribution in [2.45, 2.75) is 26.4 Å². The lowest BCUT2D eigenvalue weighted by Crippen LogP contribution is -2.32. The topological polar surface area (TPSA) is 76.4 Å². The molecule has 1 amide bonds. The highest BCUT2D eigenvalue weighted by molar-refractivity contribution is 5.99. The van der Waals surface area contributed by atoms with Gasteiger partial charge in [0, 0.05) is 19.1 Å². The van der Waals surface area contributed by atoms with Crippen LogP contribution in [-0.2, 0) is 4.74 Å². The summed E-state index contributed by atoms with van der Waals surface area (Å²) in [5, 5.41) is 2.95. The number of aryl methyl sites for hydroxylation is 1. The highest BCUT2D eigenvalue weighted by atomic mass is 16.5. The van der Waals surface area contributed by atoms with E-state index in [0.29, 0.717) is 23.7 Å². The van der Waals surface area contributed by atoms with Crippen LogP contribution >= 0.6 is 0 Å². The van der Waals surface area contributed by atoms with E-state index in [1.807, 2.05) is 26.0 Å². The van der Waals surface area contributed by atoms with Gasteiger partial charge in [-0.15, -0.1) is 0 Å². The summed E-state index contributed by atoms with van der Waals surface area (Å²) >= 11 is 0. The van der Waals surface area contributed by atoms with Crippen LogP contribution in [0.25, 0.3) is 0 Å². The molecule has 5 heteroatoms. The molecule has 1 heterocycles. The lowest BCUT2D eigenvalue weighted by molar-refractivity contribution is 0.0908. The van der Waals surface area contributed by atoms with E-state index in [-0.39, 0.29) is 12.0 Å². The first kappa shape index (κ1) is 13.8. The first-order valence-electron chi connectivity index (χ1n) is 6.59. The molecule has 1 aromatic rings. The lowest BCUT2D eigenvalue weighted by Gasteiger charge is -2.16. The number of hydrazine groups is 1. The summed E-state index contributed by atoms with van der Waals surface area (Å²) in [4.78, 5) is 12.2. The summed E-state index contributed by atoms with van der Waals surface area (Å²) in [6, 6.07) is 5.54. The molecule has 19 heavy (non-hydrogen) atoms. The average molecular weight is 263 g/mol. The molecule has 0 aromatic heterocycles. The Bertz CT molecular complexity index is 462. The van der Waals surface area contributed by atoms with E-state index in [4.69, 9.17) is 10.6 Å². The molecule has 1 aliphatic rings. The van der Waals surface area contributed by atoms with Gasteiger partial charge in [-0.25, -0.2) is 0 Å². The maximum absolute atomic E-state index is 12.2. The molecule has 2 unspecified atom stereocenters. The molecular formula is C14H21N3O2. The minimum absolute atomic E-state index is 0.105. The standard InChI is InChI=1S/C14H21N3O2/c1-9-3-4-12(13(7-9)17-15)14(18)16-8-11-5-6-19-10(11)2/h3-4,7,10-11,17H,5-6,8,15H2,1-2H3,(H,16,18). The number of rotatable bonds is 4. The number of benzene rings is 1. The maximum Gasteiger partial charge on any atom is 0.253 e. The maximum atomic E-state index is 12.2. The number of hydrogen-bond acceptors (Lipinski definition) is 4. The smallest absolute Gasteiger partial charge is 0.253 e. The number of hydrogen-bond donors (Lipinski definition) is 3. The van der Waals surface area contributed by atoms with Crippen molar-refractivity contribution in [3.63, 3.8) is 0 Å². The Morgan fingerprint density at radius 3 is 2.95 bits per heavy atom. The van der Waals surface area contributed by atoms with E-state index in [0.717, 1.165) is 18.6 Å². The number of nitrogens with one attached hydrogen (secondary N) is 2. The van der Waals surface area contributed by atoms with E-state index in [2.05, 4.69) is 10.7 Å². The zero-order valence-corrected chi connectivity index (χ0v) is 11.4. The van der Waals surface area contributed by atoms with Gasteiger partial charge in [-0.1, -0.05) is 6.07 Å². The van der Waals surface area contributed by atoms with E-state index >= 15 is 0 Å². The van der Waals surface area contributed by atoms with Crippen molar-refractivity contribution in [2.75, 3.05) is 18.6 Å². The minimum Gasteiger partial charge on any atom is -0.378 e. The van der Waals surface area contributed by atoms with Crippen LogP contribution in [0.1, 0.15) is 29.3 Å². The van der Waals surface area contributed by atoms with Gasteiger partial charge in [-0.05, 0) is 38.0 Å². The van der Waals surface area contributed by atoms with Crippen LogP contribution in [0.3, 0.4) is 0 Å². The molecule has 1 aromatic carbocycles. The molecule has 104 valence electrons. The van der Waals surface area contributed by atoms with E-state index in [9.17, 15) is 4.79 Å². The number of anilines is 1. The number of nitrogens with two attached hydrogens (primary N) is 1. The molecule has 5 nitrogen and oxygen atoms in total. The van der Waals surface area contributed by atoms with Crippen LogP contribution in [0.4, 0.5) is 5.69 Å². The van der Waals surface area contributed by atoms with Crippen molar-refractivity contribution in [1.29, 1.82) is 0 Å². The second-order valence-corrected chi connectivity index (χ2v) is 5.03. The predicted molar refractivity (Wildman–Crippen MR) is 74.8 cm³/mol.